The number of likely N-dealkylation sites (tertiary alicyclic amines) is 1. The molecular weight excluding hydrogens is 298 g/mol. The third kappa shape index (κ3) is 2.42. The van der Waals surface area contributed by atoms with E-state index in [1.165, 1.54) is 11.1 Å². The van der Waals surface area contributed by atoms with Crippen LogP contribution in [-0.2, 0) is 6.42 Å². The van der Waals surface area contributed by atoms with Gasteiger partial charge in [0.2, 0.25) is 0 Å². The van der Waals surface area contributed by atoms with Gasteiger partial charge in [0.05, 0.1) is 11.4 Å². The van der Waals surface area contributed by atoms with E-state index in [1.54, 1.807) is 18.2 Å². The molecule has 2 aliphatic rings. The molecule has 2 aromatic rings. The highest BCUT2D eigenvalue weighted by molar-refractivity contribution is 5.96. The van der Waals surface area contributed by atoms with Gasteiger partial charge in [-0.2, -0.15) is 0 Å². The van der Waals surface area contributed by atoms with Crippen molar-refractivity contribution >= 4 is 17.3 Å². The number of amides is 1. The Morgan fingerprint density at radius 3 is 2.71 bits per heavy atom. The molecule has 24 heavy (non-hydrogen) atoms. The maximum absolute atomic E-state index is 13.1. The second-order valence-corrected chi connectivity index (χ2v) is 6.90. The first-order valence-corrected chi connectivity index (χ1v) is 8.69. The molecule has 1 amide bonds. The fraction of sp³-hybridized carbons (Fsp3) is 0.350. The molecule has 0 aromatic heterocycles. The highest BCUT2D eigenvalue weighted by atomic mass is 16.2. The Labute approximate surface area is 142 Å². The number of aryl methyl sites for hydroxylation is 1. The van der Waals surface area contributed by atoms with Gasteiger partial charge in [-0.05, 0) is 55.0 Å². The minimum atomic E-state index is 0.0794. The number of nitrogens with two attached hydrogens (primary N) is 2. The number of anilines is 2. The fourth-order valence-electron chi connectivity index (χ4n) is 4.33. The molecule has 124 valence electrons. The largest absolute Gasteiger partial charge is 0.397 e. The maximum atomic E-state index is 13.1. The van der Waals surface area contributed by atoms with Crippen LogP contribution in [0.5, 0.6) is 0 Å². The smallest absolute Gasteiger partial charge is 0.254 e. The van der Waals surface area contributed by atoms with E-state index < -0.39 is 0 Å². The van der Waals surface area contributed by atoms with Crippen LogP contribution in [0.25, 0.3) is 0 Å². The Morgan fingerprint density at radius 1 is 1.04 bits per heavy atom. The van der Waals surface area contributed by atoms with Crippen LogP contribution < -0.4 is 11.5 Å². The van der Waals surface area contributed by atoms with Crippen LogP contribution in [-0.4, -0.2) is 23.4 Å². The van der Waals surface area contributed by atoms with Crippen LogP contribution in [0, 0.1) is 0 Å². The number of carbonyl (C=O) groups excluding carboxylic acids is 1. The second-order valence-electron chi connectivity index (χ2n) is 6.90. The number of hydrogen-bond acceptors (Lipinski definition) is 3. The lowest BCUT2D eigenvalue weighted by atomic mass is 9.74. The SMILES string of the molecule is Nc1ccc(C(=O)N2CCC[C@@H]3c4ccccc4CC[C@@H]32)cc1N. The number of benzene rings is 2. The van der Waals surface area contributed by atoms with E-state index in [0.717, 1.165) is 32.2 Å². The predicted molar refractivity (Wildman–Crippen MR) is 96.8 cm³/mol. The molecule has 0 unspecified atom stereocenters. The molecule has 1 aliphatic carbocycles. The summed E-state index contributed by atoms with van der Waals surface area (Å²) in [5.74, 6) is 0.537. The summed E-state index contributed by atoms with van der Waals surface area (Å²) < 4.78 is 0. The van der Waals surface area contributed by atoms with E-state index in [9.17, 15) is 4.79 Å². The highest BCUT2D eigenvalue weighted by Crippen LogP contribution is 2.41. The van der Waals surface area contributed by atoms with E-state index >= 15 is 0 Å². The zero-order valence-electron chi connectivity index (χ0n) is 13.7. The summed E-state index contributed by atoms with van der Waals surface area (Å²) in [6.45, 7) is 0.826. The lowest BCUT2D eigenvalue weighted by Crippen LogP contribution is -2.49. The summed E-state index contributed by atoms with van der Waals surface area (Å²) in [5, 5.41) is 0. The molecule has 2 atom stereocenters. The number of nitrogen functional groups attached to an aromatic ring is 2. The zero-order valence-corrected chi connectivity index (χ0v) is 13.7. The van der Waals surface area contributed by atoms with Gasteiger partial charge >= 0.3 is 0 Å². The quantitative estimate of drug-likeness (QED) is 0.792. The molecule has 0 spiro atoms. The second kappa shape index (κ2) is 5.86. The summed E-state index contributed by atoms with van der Waals surface area (Å²) in [6.07, 6.45) is 4.30. The number of nitrogens with zero attached hydrogens (tertiary/aromatic N) is 1. The zero-order chi connectivity index (χ0) is 16.7. The van der Waals surface area contributed by atoms with Gasteiger partial charge in [0, 0.05) is 24.1 Å². The molecule has 0 bridgehead atoms. The molecule has 1 aliphatic heterocycles. The Hall–Kier alpha value is -2.49. The van der Waals surface area contributed by atoms with E-state index in [1.807, 2.05) is 0 Å². The molecule has 0 saturated carbocycles. The number of hydrogen-bond donors (Lipinski definition) is 2. The molecule has 2 aromatic carbocycles. The standard InChI is InChI=1S/C20H23N3O/c21-17-9-7-14(12-18(17)22)20(24)23-11-3-6-16-15-5-2-1-4-13(15)8-10-19(16)23/h1-2,4-5,7,9,12,16,19H,3,6,8,10-11,21-22H2/t16-,19+/m1/s1. The first-order chi connectivity index (χ1) is 11.6. The molecule has 4 N–H and O–H groups in total. The number of rotatable bonds is 1. The van der Waals surface area contributed by atoms with Gasteiger partial charge in [-0.3, -0.25) is 4.79 Å². The van der Waals surface area contributed by atoms with Crippen molar-refractivity contribution in [2.45, 2.75) is 37.6 Å². The van der Waals surface area contributed by atoms with Crippen molar-refractivity contribution in [3.05, 3.63) is 59.2 Å². The van der Waals surface area contributed by atoms with E-state index in [0.29, 0.717) is 28.9 Å². The van der Waals surface area contributed by atoms with Crippen molar-refractivity contribution in [1.29, 1.82) is 0 Å². The van der Waals surface area contributed by atoms with Crippen LogP contribution >= 0.6 is 0 Å². The molecule has 1 heterocycles. The van der Waals surface area contributed by atoms with E-state index in [2.05, 4.69) is 29.2 Å². The minimum absolute atomic E-state index is 0.0794. The Morgan fingerprint density at radius 2 is 1.88 bits per heavy atom. The van der Waals surface area contributed by atoms with Crippen molar-refractivity contribution < 1.29 is 4.79 Å². The number of carbonyl (C=O) groups is 1. The first kappa shape index (κ1) is 15.1. The Bertz CT molecular complexity index is 786. The first-order valence-electron chi connectivity index (χ1n) is 8.69. The molecule has 4 heteroatoms. The molecule has 1 saturated heterocycles. The summed E-state index contributed by atoms with van der Waals surface area (Å²) >= 11 is 0. The third-order valence-electron chi connectivity index (χ3n) is 5.54. The van der Waals surface area contributed by atoms with Gasteiger partial charge < -0.3 is 16.4 Å². The average Bonchev–Trinajstić information content (AvgIpc) is 2.62. The summed E-state index contributed by atoms with van der Waals surface area (Å²) in [5.41, 5.74) is 16.2. The lowest BCUT2D eigenvalue weighted by Gasteiger charge is -2.45. The van der Waals surface area contributed by atoms with E-state index in [4.69, 9.17) is 11.5 Å². The fourth-order valence-corrected chi connectivity index (χ4v) is 4.33. The van der Waals surface area contributed by atoms with Gasteiger partial charge in [0.1, 0.15) is 0 Å². The Balaban J connectivity index is 1.64. The van der Waals surface area contributed by atoms with Crippen LogP contribution in [0.15, 0.2) is 42.5 Å². The summed E-state index contributed by atoms with van der Waals surface area (Å²) in [7, 11) is 0. The van der Waals surface area contributed by atoms with Crippen molar-refractivity contribution in [1.82, 2.24) is 4.90 Å². The van der Waals surface area contributed by atoms with Crippen molar-refractivity contribution in [2.24, 2.45) is 0 Å². The molecule has 1 fully saturated rings. The van der Waals surface area contributed by atoms with Crippen molar-refractivity contribution in [3.8, 4) is 0 Å². The maximum Gasteiger partial charge on any atom is 0.254 e. The molecule has 4 rings (SSSR count). The van der Waals surface area contributed by atoms with Gasteiger partial charge in [-0.25, -0.2) is 0 Å². The van der Waals surface area contributed by atoms with Gasteiger partial charge in [-0.15, -0.1) is 0 Å². The number of piperidine rings is 1. The lowest BCUT2D eigenvalue weighted by molar-refractivity contribution is 0.0547. The van der Waals surface area contributed by atoms with Crippen LogP contribution in [0.4, 0.5) is 11.4 Å². The van der Waals surface area contributed by atoms with Gasteiger partial charge in [-0.1, -0.05) is 24.3 Å². The van der Waals surface area contributed by atoms with E-state index in [-0.39, 0.29) is 5.91 Å². The summed E-state index contributed by atoms with van der Waals surface area (Å²) in [4.78, 5) is 15.1. The Kier molecular flexibility index (Phi) is 3.68. The molecular formula is C20H23N3O. The molecule has 4 nitrogen and oxygen atoms in total. The van der Waals surface area contributed by atoms with Crippen LogP contribution in [0.1, 0.15) is 46.7 Å². The van der Waals surface area contributed by atoms with Crippen LogP contribution in [0.3, 0.4) is 0 Å². The highest BCUT2D eigenvalue weighted by Gasteiger charge is 2.38. The summed E-state index contributed by atoms with van der Waals surface area (Å²) in [6, 6.07) is 14.2. The minimum Gasteiger partial charge on any atom is -0.397 e. The van der Waals surface area contributed by atoms with Crippen molar-refractivity contribution in [3.63, 3.8) is 0 Å². The topological polar surface area (TPSA) is 72.4 Å². The van der Waals surface area contributed by atoms with Gasteiger partial charge in [0.25, 0.3) is 5.91 Å². The molecule has 0 radical (unpaired) electrons. The number of fused-ring (bicyclic) bond motifs is 3. The van der Waals surface area contributed by atoms with Gasteiger partial charge in [0.15, 0.2) is 0 Å². The third-order valence-corrected chi connectivity index (χ3v) is 5.54. The van der Waals surface area contributed by atoms with Crippen molar-refractivity contribution in [2.75, 3.05) is 18.0 Å². The predicted octanol–water partition coefficient (Wildman–Crippen LogP) is 3.19. The monoisotopic (exact) mass is 321 g/mol. The van der Waals surface area contributed by atoms with Crippen LogP contribution in [0.2, 0.25) is 0 Å². The normalized spacial score (nSPS) is 22.6. The average molecular weight is 321 g/mol.